The standard InChI is InChI=1S/C21H28N2O4/c1-4-12-27-23-19(24)14-18(20(25)26-3)21(23)8-10-22(11-9-21)15-17-7-5-6-16(2)13-17/h4-7,13,18H,1,8-12,14-15H2,2-3H3/t18-/m0/s1. The Morgan fingerprint density at radius 2 is 2.11 bits per heavy atom. The highest BCUT2D eigenvalue weighted by atomic mass is 16.7. The highest BCUT2D eigenvalue weighted by Gasteiger charge is 2.58. The number of rotatable bonds is 6. The van der Waals surface area contributed by atoms with Gasteiger partial charge >= 0.3 is 5.97 Å². The summed E-state index contributed by atoms with van der Waals surface area (Å²) in [6.07, 6.45) is 3.12. The molecule has 2 saturated heterocycles. The van der Waals surface area contributed by atoms with Crippen LogP contribution >= 0.6 is 0 Å². The molecule has 2 aliphatic rings. The van der Waals surface area contributed by atoms with Crippen molar-refractivity contribution in [3.63, 3.8) is 0 Å². The van der Waals surface area contributed by atoms with E-state index < -0.39 is 11.5 Å². The molecule has 6 nitrogen and oxygen atoms in total. The van der Waals surface area contributed by atoms with E-state index in [1.165, 1.54) is 23.3 Å². The number of benzene rings is 1. The number of esters is 1. The molecule has 2 aliphatic heterocycles. The Morgan fingerprint density at radius 1 is 1.37 bits per heavy atom. The molecule has 1 aromatic carbocycles. The van der Waals surface area contributed by atoms with Crippen LogP contribution in [0.25, 0.3) is 0 Å². The van der Waals surface area contributed by atoms with Gasteiger partial charge in [0.15, 0.2) is 0 Å². The number of carbonyl (C=O) groups is 2. The van der Waals surface area contributed by atoms with Crippen molar-refractivity contribution in [2.75, 3.05) is 26.8 Å². The van der Waals surface area contributed by atoms with Gasteiger partial charge in [-0.15, -0.1) is 6.58 Å². The first-order valence-corrected chi connectivity index (χ1v) is 9.43. The van der Waals surface area contributed by atoms with Gasteiger partial charge in [0.05, 0.1) is 25.2 Å². The topological polar surface area (TPSA) is 59.1 Å². The van der Waals surface area contributed by atoms with E-state index in [1.54, 1.807) is 6.08 Å². The molecule has 1 spiro atoms. The molecule has 6 heteroatoms. The van der Waals surface area contributed by atoms with Gasteiger partial charge in [-0.3, -0.25) is 19.3 Å². The van der Waals surface area contributed by atoms with Crippen LogP contribution in [0.4, 0.5) is 0 Å². The molecule has 0 saturated carbocycles. The number of amides is 1. The molecule has 2 heterocycles. The maximum Gasteiger partial charge on any atom is 0.311 e. The van der Waals surface area contributed by atoms with E-state index >= 15 is 0 Å². The molecule has 0 radical (unpaired) electrons. The first-order chi connectivity index (χ1) is 13.0. The second-order valence-electron chi connectivity index (χ2n) is 7.42. The lowest BCUT2D eigenvalue weighted by Crippen LogP contribution is -2.57. The first-order valence-electron chi connectivity index (χ1n) is 9.43. The summed E-state index contributed by atoms with van der Waals surface area (Å²) in [7, 11) is 1.38. The van der Waals surface area contributed by atoms with Crippen LogP contribution in [0, 0.1) is 12.8 Å². The van der Waals surface area contributed by atoms with Crippen molar-refractivity contribution < 1.29 is 19.2 Å². The number of likely N-dealkylation sites (tertiary alicyclic amines) is 1. The van der Waals surface area contributed by atoms with Gasteiger partial charge in [0.1, 0.15) is 0 Å². The number of nitrogens with zero attached hydrogens (tertiary/aromatic N) is 2. The van der Waals surface area contributed by atoms with Crippen LogP contribution in [-0.2, 0) is 25.7 Å². The van der Waals surface area contributed by atoms with Crippen LogP contribution in [0.5, 0.6) is 0 Å². The molecule has 0 aliphatic carbocycles. The van der Waals surface area contributed by atoms with Crippen LogP contribution in [-0.4, -0.2) is 54.2 Å². The van der Waals surface area contributed by atoms with Gasteiger partial charge < -0.3 is 4.74 Å². The van der Waals surface area contributed by atoms with Gasteiger partial charge in [-0.2, -0.15) is 0 Å². The molecule has 0 N–H and O–H groups in total. The third kappa shape index (κ3) is 3.92. The molecule has 1 amide bonds. The molecule has 2 fully saturated rings. The molecule has 1 atom stereocenters. The monoisotopic (exact) mass is 372 g/mol. The number of hydroxylamine groups is 2. The number of piperidine rings is 1. The van der Waals surface area contributed by atoms with Crippen molar-refractivity contribution in [1.29, 1.82) is 0 Å². The third-order valence-electron chi connectivity index (χ3n) is 5.68. The molecular weight excluding hydrogens is 344 g/mol. The van der Waals surface area contributed by atoms with Crippen molar-refractivity contribution >= 4 is 11.9 Å². The van der Waals surface area contributed by atoms with Crippen molar-refractivity contribution in [1.82, 2.24) is 9.96 Å². The molecule has 146 valence electrons. The van der Waals surface area contributed by atoms with E-state index in [4.69, 9.17) is 9.57 Å². The van der Waals surface area contributed by atoms with Crippen LogP contribution in [0.15, 0.2) is 36.9 Å². The van der Waals surface area contributed by atoms with Crippen LogP contribution in [0.2, 0.25) is 0 Å². The zero-order valence-electron chi connectivity index (χ0n) is 16.1. The summed E-state index contributed by atoms with van der Waals surface area (Å²) in [5.41, 5.74) is 1.89. The summed E-state index contributed by atoms with van der Waals surface area (Å²) in [5, 5.41) is 1.44. The zero-order valence-corrected chi connectivity index (χ0v) is 16.1. The van der Waals surface area contributed by atoms with Crippen LogP contribution in [0.1, 0.15) is 30.4 Å². The summed E-state index contributed by atoms with van der Waals surface area (Å²) in [6, 6.07) is 8.49. The summed E-state index contributed by atoms with van der Waals surface area (Å²) in [4.78, 5) is 33.0. The summed E-state index contributed by atoms with van der Waals surface area (Å²) in [5.74, 6) is -0.972. The second-order valence-corrected chi connectivity index (χ2v) is 7.42. The van der Waals surface area contributed by atoms with E-state index in [-0.39, 0.29) is 24.9 Å². The summed E-state index contributed by atoms with van der Waals surface area (Å²) < 4.78 is 4.99. The summed E-state index contributed by atoms with van der Waals surface area (Å²) >= 11 is 0. The van der Waals surface area contributed by atoms with Crippen molar-refractivity contribution in [3.05, 3.63) is 48.0 Å². The third-order valence-corrected chi connectivity index (χ3v) is 5.68. The van der Waals surface area contributed by atoms with Gasteiger partial charge in [-0.25, -0.2) is 5.06 Å². The molecule has 1 aromatic rings. The number of aryl methyl sites for hydroxylation is 1. The summed E-state index contributed by atoms with van der Waals surface area (Å²) in [6.45, 7) is 8.44. The molecule has 0 aromatic heterocycles. The van der Waals surface area contributed by atoms with Crippen molar-refractivity contribution in [2.24, 2.45) is 5.92 Å². The number of ether oxygens (including phenoxy) is 1. The largest absolute Gasteiger partial charge is 0.469 e. The zero-order chi connectivity index (χ0) is 19.4. The smallest absolute Gasteiger partial charge is 0.311 e. The predicted octanol–water partition coefficient (Wildman–Crippen LogP) is 2.47. The Balaban J connectivity index is 1.75. The molecule has 0 unspecified atom stereocenters. The highest BCUT2D eigenvalue weighted by molar-refractivity contribution is 5.88. The highest BCUT2D eigenvalue weighted by Crippen LogP contribution is 2.44. The normalized spacial score (nSPS) is 22.2. The van der Waals surface area contributed by atoms with Crippen LogP contribution in [0.3, 0.4) is 0 Å². The minimum atomic E-state index is -0.629. The van der Waals surface area contributed by atoms with Gasteiger partial charge in [-0.1, -0.05) is 35.9 Å². The first kappa shape index (κ1) is 19.6. The van der Waals surface area contributed by atoms with Gasteiger partial charge in [-0.05, 0) is 25.3 Å². The Morgan fingerprint density at radius 3 is 2.74 bits per heavy atom. The number of hydrogen-bond acceptors (Lipinski definition) is 5. The van der Waals surface area contributed by atoms with E-state index in [1.807, 2.05) is 0 Å². The lowest BCUT2D eigenvalue weighted by molar-refractivity contribution is -0.218. The second kappa shape index (κ2) is 8.23. The van der Waals surface area contributed by atoms with Gasteiger partial charge in [0.2, 0.25) is 5.91 Å². The Bertz CT molecular complexity index is 710. The molecule has 3 rings (SSSR count). The lowest BCUT2D eigenvalue weighted by atomic mass is 9.77. The van der Waals surface area contributed by atoms with Gasteiger partial charge in [0.25, 0.3) is 0 Å². The SMILES string of the molecule is C=CCON1C(=O)C[C@@H](C(=O)OC)C12CCN(Cc1cccc(C)c1)CC2. The number of carbonyl (C=O) groups excluding carboxylic acids is 2. The fraction of sp³-hybridized carbons (Fsp3) is 0.524. The average molecular weight is 372 g/mol. The van der Waals surface area contributed by atoms with Crippen molar-refractivity contribution in [3.8, 4) is 0 Å². The lowest BCUT2D eigenvalue weighted by Gasteiger charge is -2.45. The molecule has 27 heavy (non-hydrogen) atoms. The quantitative estimate of drug-likeness (QED) is 0.567. The van der Waals surface area contributed by atoms with E-state index in [0.717, 1.165) is 19.6 Å². The van der Waals surface area contributed by atoms with E-state index in [2.05, 4.69) is 42.7 Å². The fourth-order valence-corrected chi connectivity index (χ4v) is 4.33. The number of hydrogen-bond donors (Lipinski definition) is 0. The number of methoxy groups -OCH3 is 1. The minimum absolute atomic E-state index is 0.141. The fourth-order valence-electron chi connectivity index (χ4n) is 4.33. The Labute approximate surface area is 160 Å². The maximum atomic E-state index is 12.5. The van der Waals surface area contributed by atoms with Crippen LogP contribution < -0.4 is 0 Å². The van der Waals surface area contributed by atoms with E-state index in [0.29, 0.717) is 12.8 Å². The molecule has 0 bridgehead atoms. The maximum absolute atomic E-state index is 12.5. The van der Waals surface area contributed by atoms with E-state index in [9.17, 15) is 9.59 Å². The Kier molecular flexibility index (Phi) is 5.97. The predicted molar refractivity (Wildman–Crippen MR) is 102 cm³/mol. The Hall–Kier alpha value is -2.18. The minimum Gasteiger partial charge on any atom is -0.469 e. The van der Waals surface area contributed by atoms with Crippen molar-refractivity contribution in [2.45, 2.75) is 38.3 Å². The van der Waals surface area contributed by atoms with Gasteiger partial charge in [0, 0.05) is 26.1 Å². The molecular formula is C21H28N2O4. The average Bonchev–Trinajstić information content (AvgIpc) is 2.93.